The molecule has 0 aliphatic carbocycles. The van der Waals surface area contributed by atoms with Crippen LogP contribution in [0.4, 0.5) is 0 Å². The Hall–Kier alpha value is -0.950. The average molecular weight is 284 g/mol. The molecule has 1 aliphatic rings. The van der Waals surface area contributed by atoms with E-state index in [0.717, 1.165) is 30.9 Å². The highest BCUT2D eigenvalue weighted by Crippen LogP contribution is 2.12. The van der Waals surface area contributed by atoms with E-state index in [4.69, 9.17) is 14.0 Å². The Labute approximate surface area is 119 Å². The van der Waals surface area contributed by atoms with Crippen LogP contribution in [0.15, 0.2) is 10.6 Å². The number of aliphatic hydroxyl groups is 1. The van der Waals surface area contributed by atoms with Gasteiger partial charge in [-0.2, -0.15) is 0 Å². The topological polar surface area (TPSA) is 68.0 Å². The molecule has 2 heterocycles. The normalized spacial score (nSPS) is 20.7. The molecule has 6 heteroatoms. The molecule has 20 heavy (non-hydrogen) atoms. The average Bonchev–Trinajstić information content (AvgIpc) is 3.01. The molecular formula is C14H24N2O4. The van der Waals surface area contributed by atoms with Crippen molar-refractivity contribution in [2.45, 2.75) is 38.5 Å². The van der Waals surface area contributed by atoms with Gasteiger partial charge >= 0.3 is 0 Å². The molecule has 0 unspecified atom stereocenters. The SMILES string of the molecule is Cc1cc(CN(C)C[C@@H](O)COC[C@@H]2CCCO2)no1. The van der Waals surface area contributed by atoms with Crippen molar-refractivity contribution >= 4 is 0 Å². The molecule has 0 saturated carbocycles. The first-order valence-corrected chi connectivity index (χ1v) is 7.11. The van der Waals surface area contributed by atoms with Gasteiger partial charge in [0, 0.05) is 25.8 Å². The van der Waals surface area contributed by atoms with Crippen molar-refractivity contribution in [1.29, 1.82) is 0 Å². The fourth-order valence-electron chi connectivity index (χ4n) is 2.36. The first-order valence-electron chi connectivity index (χ1n) is 7.11. The molecular weight excluding hydrogens is 260 g/mol. The Balaban J connectivity index is 1.59. The Kier molecular flexibility index (Phi) is 5.97. The summed E-state index contributed by atoms with van der Waals surface area (Å²) in [5.74, 6) is 0.800. The molecule has 0 bridgehead atoms. The van der Waals surface area contributed by atoms with E-state index in [2.05, 4.69) is 5.16 Å². The lowest BCUT2D eigenvalue weighted by Crippen LogP contribution is -2.32. The van der Waals surface area contributed by atoms with Crippen LogP contribution in [0, 0.1) is 6.92 Å². The van der Waals surface area contributed by atoms with Gasteiger partial charge in [-0.05, 0) is 26.8 Å². The fourth-order valence-corrected chi connectivity index (χ4v) is 2.36. The molecule has 6 nitrogen and oxygen atoms in total. The van der Waals surface area contributed by atoms with Crippen molar-refractivity contribution in [3.63, 3.8) is 0 Å². The zero-order chi connectivity index (χ0) is 14.4. The zero-order valence-electron chi connectivity index (χ0n) is 12.2. The van der Waals surface area contributed by atoms with Crippen LogP contribution < -0.4 is 0 Å². The van der Waals surface area contributed by atoms with E-state index in [9.17, 15) is 5.11 Å². The van der Waals surface area contributed by atoms with Crippen molar-refractivity contribution in [2.24, 2.45) is 0 Å². The molecule has 0 amide bonds. The Bertz CT molecular complexity index is 390. The molecule has 1 fully saturated rings. The summed E-state index contributed by atoms with van der Waals surface area (Å²) >= 11 is 0. The minimum atomic E-state index is -0.505. The highest BCUT2D eigenvalue weighted by molar-refractivity contribution is 5.03. The third-order valence-corrected chi connectivity index (χ3v) is 3.27. The number of aryl methyl sites for hydroxylation is 1. The highest BCUT2D eigenvalue weighted by atomic mass is 16.5. The standard InChI is InChI=1S/C14H24N2O4/c1-11-6-12(15-20-11)7-16(2)8-13(17)9-18-10-14-4-3-5-19-14/h6,13-14,17H,3-5,7-10H2,1-2H3/t13-,14+/m1/s1. The van der Waals surface area contributed by atoms with Gasteiger partial charge in [-0.1, -0.05) is 5.16 Å². The van der Waals surface area contributed by atoms with Gasteiger partial charge in [-0.25, -0.2) is 0 Å². The highest BCUT2D eigenvalue weighted by Gasteiger charge is 2.16. The number of aliphatic hydroxyl groups excluding tert-OH is 1. The van der Waals surface area contributed by atoms with E-state index in [1.165, 1.54) is 0 Å². The smallest absolute Gasteiger partial charge is 0.133 e. The van der Waals surface area contributed by atoms with E-state index in [1.807, 2.05) is 24.9 Å². The second kappa shape index (κ2) is 7.73. The Morgan fingerprint density at radius 3 is 3.10 bits per heavy atom. The van der Waals surface area contributed by atoms with E-state index >= 15 is 0 Å². The molecule has 0 spiro atoms. The van der Waals surface area contributed by atoms with Gasteiger partial charge in [0.2, 0.25) is 0 Å². The van der Waals surface area contributed by atoms with Crippen LogP contribution in [0.5, 0.6) is 0 Å². The monoisotopic (exact) mass is 284 g/mol. The lowest BCUT2D eigenvalue weighted by atomic mass is 10.2. The summed E-state index contributed by atoms with van der Waals surface area (Å²) in [6, 6.07) is 1.90. The zero-order valence-corrected chi connectivity index (χ0v) is 12.2. The van der Waals surface area contributed by atoms with E-state index in [1.54, 1.807) is 0 Å². The summed E-state index contributed by atoms with van der Waals surface area (Å²) in [5, 5.41) is 13.9. The van der Waals surface area contributed by atoms with Crippen molar-refractivity contribution in [2.75, 3.05) is 33.4 Å². The van der Waals surface area contributed by atoms with Crippen LogP contribution in [-0.2, 0) is 16.0 Å². The van der Waals surface area contributed by atoms with Crippen LogP contribution in [0.2, 0.25) is 0 Å². The maximum atomic E-state index is 9.93. The second-order valence-electron chi connectivity index (χ2n) is 5.45. The minimum Gasteiger partial charge on any atom is -0.389 e. The molecule has 1 aromatic rings. The molecule has 1 aliphatic heterocycles. The number of rotatable bonds is 8. The van der Waals surface area contributed by atoms with Gasteiger partial charge in [0.1, 0.15) is 5.76 Å². The fraction of sp³-hybridized carbons (Fsp3) is 0.786. The van der Waals surface area contributed by atoms with Crippen molar-refractivity contribution in [3.8, 4) is 0 Å². The van der Waals surface area contributed by atoms with Gasteiger partial charge in [0.15, 0.2) is 0 Å². The van der Waals surface area contributed by atoms with E-state index in [-0.39, 0.29) is 6.10 Å². The molecule has 1 saturated heterocycles. The predicted octanol–water partition coefficient (Wildman–Crippen LogP) is 0.971. The third kappa shape index (κ3) is 5.20. The Morgan fingerprint density at radius 2 is 2.45 bits per heavy atom. The van der Waals surface area contributed by atoms with Gasteiger partial charge < -0.3 is 19.1 Å². The number of ether oxygens (including phenoxy) is 2. The number of hydrogen-bond acceptors (Lipinski definition) is 6. The molecule has 0 radical (unpaired) electrons. The second-order valence-corrected chi connectivity index (χ2v) is 5.45. The summed E-state index contributed by atoms with van der Waals surface area (Å²) < 4.78 is 16.0. The van der Waals surface area contributed by atoms with Crippen LogP contribution in [-0.4, -0.2) is 60.8 Å². The lowest BCUT2D eigenvalue weighted by Gasteiger charge is -2.20. The summed E-state index contributed by atoms with van der Waals surface area (Å²) in [7, 11) is 1.94. The van der Waals surface area contributed by atoms with Crippen LogP contribution >= 0.6 is 0 Å². The van der Waals surface area contributed by atoms with Crippen LogP contribution in [0.3, 0.4) is 0 Å². The van der Waals surface area contributed by atoms with Crippen LogP contribution in [0.25, 0.3) is 0 Å². The van der Waals surface area contributed by atoms with Gasteiger partial charge in [0.25, 0.3) is 0 Å². The van der Waals surface area contributed by atoms with Gasteiger partial charge in [-0.3, -0.25) is 4.90 Å². The molecule has 1 aromatic heterocycles. The first kappa shape index (κ1) is 15.4. The van der Waals surface area contributed by atoms with Crippen molar-refractivity contribution in [3.05, 3.63) is 17.5 Å². The maximum Gasteiger partial charge on any atom is 0.133 e. The molecule has 2 atom stereocenters. The first-order chi connectivity index (χ1) is 9.63. The molecule has 0 aromatic carbocycles. The van der Waals surface area contributed by atoms with Gasteiger partial charge in [0.05, 0.1) is 31.1 Å². The van der Waals surface area contributed by atoms with Crippen molar-refractivity contribution in [1.82, 2.24) is 10.1 Å². The largest absolute Gasteiger partial charge is 0.389 e. The number of aromatic nitrogens is 1. The number of hydrogen-bond donors (Lipinski definition) is 1. The van der Waals surface area contributed by atoms with E-state index < -0.39 is 6.10 Å². The van der Waals surface area contributed by atoms with Crippen LogP contribution in [0.1, 0.15) is 24.3 Å². The summed E-state index contributed by atoms with van der Waals surface area (Å²) in [4.78, 5) is 2.00. The predicted molar refractivity (Wildman–Crippen MR) is 73.4 cm³/mol. The molecule has 114 valence electrons. The minimum absolute atomic E-state index is 0.207. The van der Waals surface area contributed by atoms with Gasteiger partial charge in [-0.15, -0.1) is 0 Å². The lowest BCUT2D eigenvalue weighted by molar-refractivity contribution is -0.0239. The quantitative estimate of drug-likeness (QED) is 0.767. The number of nitrogens with zero attached hydrogens (tertiary/aromatic N) is 2. The van der Waals surface area contributed by atoms with Crippen molar-refractivity contribution < 1.29 is 19.1 Å². The van der Waals surface area contributed by atoms with E-state index in [0.29, 0.717) is 26.3 Å². The molecule has 1 N–H and O–H groups in total. The summed E-state index contributed by atoms with van der Waals surface area (Å²) in [5.41, 5.74) is 0.873. The maximum absolute atomic E-state index is 9.93. The summed E-state index contributed by atoms with van der Waals surface area (Å²) in [6.07, 6.45) is 1.87. The summed E-state index contributed by atoms with van der Waals surface area (Å²) in [6.45, 7) is 4.80. The molecule has 2 rings (SSSR count). The Morgan fingerprint density at radius 1 is 1.60 bits per heavy atom. The number of likely N-dealkylation sites (N-methyl/N-ethyl adjacent to an activating group) is 1. The third-order valence-electron chi connectivity index (χ3n) is 3.27.